The number of alkyl halides is 3. The van der Waals surface area contributed by atoms with Crippen molar-refractivity contribution in [1.29, 1.82) is 0 Å². The molecule has 1 aromatic rings. The summed E-state index contributed by atoms with van der Waals surface area (Å²) in [6.07, 6.45) is -0.999. The van der Waals surface area contributed by atoms with E-state index < -0.39 is 11.7 Å². The molecular formula is C15H19BrF3N. The standard InChI is InChI=1S/C15H19BrF3N/c1-9-3-5-12(7-10(9)2)20-14-6-4-11(8-13(14)16)15(17,18)19/h4,6,8-10,12,20H,3,5,7H2,1-2H3. The summed E-state index contributed by atoms with van der Waals surface area (Å²) in [5.74, 6) is 1.37. The van der Waals surface area contributed by atoms with Gasteiger partial charge in [-0.2, -0.15) is 13.2 Å². The quantitative estimate of drug-likeness (QED) is 0.721. The van der Waals surface area contributed by atoms with Gasteiger partial charge in [0.25, 0.3) is 0 Å². The van der Waals surface area contributed by atoms with Gasteiger partial charge in [-0.25, -0.2) is 0 Å². The number of rotatable bonds is 2. The summed E-state index contributed by atoms with van der Waals surface area (Å²) in [5.41, 5.74) is 0.116. The van der Waals surface area contributed by atoms with Crippen LogP contribution in [0, 0.1) is 11.8 Å². The molecule has 5 heteroatoms. The van der Waals surface area contributed by atoms with Crippen molar-refractivity contribution in [3.63, 3.8) is 0 Å². The van der Waals surface area contributed by atoms with E-state index in [4.69, 9.17) is 0 Å². The second-order valence-corrected chi connectivity index (χ2v) is 6.66. The van der Waals surface area contributed by atoms with Crippen molar-refractivity contribution in [1.82, 2.24) is 0 Å². The SMILES string of the molecule is CC1CCC(Nc2ccc(C(F)(F)F)cc2Br)CC1C. The van der Waals surface area contributed by atoms with Gasteiger partial charge in [0.1, 0.15) is 0 Å². The van der Waals surface area contributed by atoms with Crippen LogP contribution in [-0.4, -0.2) is 6.04 Å². The van der Waals surface area contributed by atoms with Gasteiger partial charge >= 0.3 is 6.18 Å². The molecule has 0 amide bonds. The van der Waals surface area contributed by atoms with Crippen molar-refractivity contribution >= 4 is 21.6 Å². The zero-order valence-corrected chi connectivity index (χ0v) is 13.2. The minimum Gasteiger partial charge on any atom is -0.381 e. The molecule has 1 aliphatic carbocycles. The number of benzene rings is 1. The first-order chi connectivity index (χ1) is 9.27. The molecule has 1 aliphatic rings. The summed E-state index contributed by atoms with van der Waals surface area (Å²) < 4.78 is 38.3. The lowest BCUT2D eigenvalue weighted by Gasteiger charge is -2.33. The summed E-state index contributed by atoms with van der Waals surface area (Å²) in [5, 5.41) is 3.36. The zero-order valence-electron chi connectivity index (χ0n) is 11.6. The topological polar surface area (TPSA) is 12.0 Å². The average molecular weight is 350 g/mol. The molecule has 0 spiro atoms. The second-order valence-electron chi connectivity index (χ2n) is 5.80. The van der Waals surface area contributed by atoms with Crippen molar-refractivity contribution in [2.45, 2.75) is 45.3 Å². The fourth-order valence-corrected chi connectivity index (χ4v) is 3.20. The lowest BCUT2D eigenvalue weighted by atomic mass is 9.79. The maximum Gasteiger partial charge on any atom is 0.416 e. The van der Waals surface area contributed by atoms with Gasteiger partial charge in [-0.3, -0.25) is 0 Å². The molecule has 1 aromatic carbocycles. The summed E-state index contributed by atoms with van der Waals surface area (Å²) in [6, 6.07) is 4.11. The highest BCUT2D eigenvalue weighted by Gasteiger charge is 2.31. The first-order valence-corrected chi connectivity index (χ1v) is 7.70. The van der Waals surface area contributed by atoms with Crippen LogP contribution in [0.25, 0.3) is 0 Å². The van der Waals surface area contributed by atoms with Crippen LogP contribution in [0.3, 0.4) is 0 Å². The van der Waals surface area contributed by atoms with Crippen molar-refractivity contribution in [2.75, 3.05) is 5.32 Å². The molecule has 0 aromatic heterocycles. The molecule has 3 unspecified atom stereocenters. The van der Waals surface area contributed by atoms with Gasteiger partial charge < -0.3 is 5.32 Å². The predicted molar refractivity (Wildman–Crippen MR) is 78.7 cm³/mol. The first kappa shape index (κ1) is 15.7. The van der Waals surface area contributed by atoms with Crippen LogP contribution in [-0.2, 0) is 6.18 Å². The van der Waals surface area contributed by atoms with Crippen molar-refractivity contribution in [3.8, 4) is 0 Å². The van der Waals surface area contributed by atoms with E-state index >= 15 is 0 Å². The van der Waals surface area contributed by atoms with Gasteiger partial charge in [0, 0.05) is 16.2 Å². The lowest BCUT2D eigenvalue weighted by Crippen LogP contribution is -2.30. The Bertz CT molecular complexity index is 473. The number of halogens is 4. The van der Waals surface area contributed by atoms with Crippen LogP contribution in [0.4, 0.5) is 18.9 Å². The Labute approximate surface area is 126 Å². The Hall–Kier alpha value is -0.710. The van der Waals surface area contributed by atoms with Gasteiger partial charge in [-0.15, -0.1) is 0 Å². The minimum atomic E-state index is -4.30. The van der Waals surface area contributed by atoms with Crippen LogP contribution in [0.5, 0.6) is 0 Å². The first-order valence-electron chi connectivity index (χ1n) is 6.90. The van der Waals surface area contributed by atoms with Crippen LogP contribution >= 0.6 is 15.9 Å². The van der Waals surface area contributed by atoms with Crippen LogP contribution < -0.4 is 5.32 Å². The molecule has 0 aliphatic heterocycles. The molecule has 1 nitrogen and oxygen atoms in total. The van der Waals surface area contributed by atoms with Gasteiger partial charge in [-0.1, -0.05) is 13.8 Å². The minimum absolute atomic E-state index is 0.342. The van der Waals surface area contributed by atoms with Gasteiger partial charge in [-0.05, 0) is 65.2 Å². The largest absolute Gasteiger partial charge is 0.416 e. The van der Waals surface area contributed by atoms with Gasteiger partial charge in [0.15, 0.2) is 0 Å². The molecule has 2 rings (SSSR count). The van der Waals surface area contributed by atoms with E-state index in [0.29, 0.717) is 16.4 Å². The zero-order chi connectivity index (χ0) is 14.9. The van der Waals surface area contributed by atoms with Crippen molar-refractivity contribution < 1.29 is 13.2 Å². The summed E-state index contributed by atoms with van der Waals surface area (Å²) in [7, 11) is 0. The smallest absolute Gasteiger partial charge is 0.381 e. The maximum atomic E-state index is 12.6. The monoisotopic (exact) mass is 349 g/mol. The fourth-order valence-electron chi connectivity index (χ4n) is 2.71. The maximum absolute atomic E-state index is 12.6. The van der Waals surface area contributed by atoms with E-state index in [1.54, 1.807) is 0 Å². The molecule has 0 heterocycles. The van der Waals surface area contributed by atoms with Gasteiger partial charge in [0.2, 0.25) is 0 Å². The molecule has 3 atom stereocenters. The Morgan fingerprint density at radius 2 is 1.85 bits per heavy atom. The van der Waals surface area contributed by atoms with E-state index in [0.717, 1.165) is 43.0 Å². The van der Waals surface area contributed by atoms with Crippen LogP contribution in [0.15, 0.2) is 22.7 Å². The Morgan fingerprint density at radius 1 is 1.15 bits per heavy atom. The summed E-state index contributed by atoms with van der Waals surface area (Å²) >= 11 is 3.23. The molecule has 1 saturated carbocycles. The van der Waals surface area contributed by atoms with E-state index in [2.05, 4.69) is 35.1 Å². The highest BCUT2D eigenvalue weighted by Crippen LogP contribution is 2.36. The molecule has 0 radical (unpaired) electrons. The highest BCUT2D eigenvalue weighted by molar-refractivity contribution is 9.10. The molecule has 1 fully saturated rings. The Kier molecular flexibility index (Phi) is 4.67. The third-order valence-electron chi connectivity index (χ3n) is 4.25. The van der Waals surface area contributed by atoms with Crippen LogP contribution in [0.2, 0.25) is 0 Å². The lowest BCUT2D eigenvalue weighted by molar-refractivity contribution is -0.137. The van der Waals surface area contributed by atoms with Crippen molar-refractivity contribution in [2.24, 2.45) is 11.8 Å². The van der Waals surface area contributed by atoms with E-state index in [1.165, 1.54) is 6.07 Å². The number of nitrogens with one attached hydrogen (secondary N) is 1. The molecular weight excluding hydrogens is 331 g/mol. The van der Waals surface area contributed by atoms with Crippen LogP contribution in [0.1, 0.15) is 38.7 Å². The normalized spacial score (nSPS) is 27.4. The average Bonchev–Trinajstić information content (AvgIpc) is 2.35. The summed E-state index contributed by atoms with van der Waals surface area (Å²) in [4.78, 5) is 0. The van der Waals surface area contributed by atoms with Gasteiger partial charge in [0.05, 0.1) is 5.56 Å². The van der Waals surface area contributed by atoms with E-state index in [9.17, 15) is 13.2 Å². The van der Waals surface area contributed by atoms with E-state index in [1.807, 2.05) is 0 Å². The molecule has 112 valence electrons. The third-order valence-corrected chi connectivity index (χ3v) is 4.91. The Morgan fingerprint density at radius 3 is 2.40 bits per heavy atom. The molecule has 0 saturated heterocycles. The molecule has 1 N–H and O–H groups in total. The Balaban J connectivity index is 2.07. The fraction of sp³-hybridized carbons (Fsp3) is 0.600. The third kappa shape index (κ3) is 3.68. The summed E-state index contributed by atoms with van der Waals surface area (Å²) in [6.45, 7) is 4.50. The molecule has 0 bridgehead atoms. The van der Waals surface area contributed by atoms with Crippen molar-refractivity contribution in [3.05, 3.63) is 28.2 Å². The highest BCUT2D eigenvalue weighted by atomic mass is 79.9. The number of anilines is 1. The number of hydrogen-bond donors (Lipinski definition) is 1. The number of hydrogen-bond acceptors (Lipinski definition) is 1. The van der Waals surface area contributed by atoms with E-state index in [-0.39, 0.29) is 0 Å². The molecule has 20 heavy (non-hydrogen) atoms. The second kappa shape index (κ2) is 5.96. The predicted octanol–water partition coefficient (Wildman–Crippen LogP) is 5.70.